The Hall–Kier alpha value is -0.120. The fourth-order valence-corrected chi connectivity index (χ4v) is 3.94. The van der Waals surface area contributed by atoms with E-state index in [0.717, 1.165) is 51.3 Å². The van der Waals surface area contributed by atoms with Crippen LogP contribution in [0.15, 0.2) is 4.99 Å². The Labute approximate surface area is 170 Å². The van der Waals surface area contributed by atoms with Crippen LogP contribution in [0.2, 0.25) is 0 Å². The summed E-state index contributed by atoms with van der Waals surface area (Å²) in [5, 5.41) is 7.13. The van der Waals surface area contributed by atoms with Gasteiger partial charge in [0.15, 0.2) is 5.96 Å². The van der Waals surface area contributed by atoms with Gasteiger partial charge in [-0.05, 0) is 32.6 Å². The SMILES string of the molecule is CN=C(NCCN1CCOC(C)(C)C1)NC1CN(C2CC2)CC1C.I. The smallest absolute Gasteiger partial charge is 0.191 e. The maximum absolute atomic E-state index is 5.78. The number of ether oxygens (including phenoxy) is 1. The summed E-state index contributed by atoms with van der Waals surface area (Å²) in [5.74, 6) is 1.63. The summed E-state index contributed by atoms with van der Waals surface area (Å²) in [6.45, 7) is 13.9. The number of nitrogens with zero attached hydrogens (tertiary/aromatic N) is 3. The van der Waals surface area contributed by atoms with Gasteiger partial charge >= 0.3 is 0 Å². The van der Waals surface area contributed by atoms with Crippen molar-refractivity contribution in [2.45, 2.75) is 51.3 Å². The molecule has 3 rings (SSSR count). The number of aliphatic imine (C=N–C) groups is 1. The molecule has 25 heavy (non-hydrogen) atoms. The number of rotatable bonds is 5. The van der Waals surface area contributed by atoms with Gasteiger partial charge in [-0.2, -0.15) is 0 Å². The van der Waals surface area contributed by atoms with E-state index in [1.807, 2.05) is 7.05 Å². The van der Waals surface area contributed by atoms with Crippen LogP contribution in [0.1, 0.15) is 33.6 Å². The molecule has 0 amide bonds. The number of morpholine rings is 1. The van der Waals surface area contributed by atoms with Crippen molar-refractivity contribution in [3.8, 4) is 0 Å². The molecule has 2 N–H and O–H groups in total. The summed E-state index contributed by atoms with van der Waals surface area (Å²) in [7, 11) is 1.87. The van der Waals surface area contributed by atoms with E-state index >= 15 is 0 Å². The Balaban J connectivity index is 0.00000225. The zero-order valence-corrected chi connectivity index (χ0v) is 18.6. The molecule has 6 nitrogen and oxygen atoms in total. The Kier molecular flexibility index (Phi) is 7.79. The highest BCUT2D eigenvalue weighted by Gasteiger charge is 2.38. The van der Waals surface area contributed by atoms with Gasteiger partial charge in [-0.1, -0.05) is 6.92 Å². The van der Waals surface area contributed by atoms with Gasteiger partial charge in [-0.3, -0.25) is 14.8 Å². The Morgan fingerprint density at radius 2 is 2.04 bits per heavy atom. The summed E-state index contributed by atoms with van der Waals surface area (Å²) in [6, 6.07) is 1.37. The topological polar surface area (TPSA) is 52.1 Å². The molecular formula is C18H36IN5O. The monoisotopic (exact) mass is 465 g/mol. The molecule has 2 atom stereocenters. The quantitative estimate of drug-likeness (QED) is 0.365. The molecule has 0 radical (unpaired) electrons. The van der Waals surface area contributed by atoms with E-state index in [1.165, 1.54) is 19.4 Å². The van der Waals surface area contributed by atoms with Gasteiger partial charge in [0, 0.05) is 58.4 Å². The summed E-state index contributed by atoms with van der Waals surface area (Å²) < 4.78 is 5.78. The lowest BCUT2D eigenvalue weighted by Gasteiger charge is -2.38. The molecule has 146 valence electrons. The first-order chi connectivity index (χ1) is 11.5. The number of hydrogen-bond donors (Lipinski definition) is 2. The molecule has 2 saturated heterocycles. The summed E-state index contributed by atoms with van der Waals surface area (Å²) in [4.78, 5) is 9.53. The summed E-state index contributed by atoms with van der Waals surface area (Å²) >= 11 is 0. The van der Waals surface area contributed by atoms with Crippen molar-refractivity contribution >= 4 is 29.9 Å². The number of hydrogen-bond acceptors (Lipinski definition) is 4. The minimum atomic E-state index is -0.0241. The Morgan fingerprint density at radius 1 is 1.28 bits per heavy atom. The second kappa shape index (κ2) is 9.19. The van der Waals surface area contributed by atoms with Crippen LogP contribution in [0.3, 0.4) is 0 Å². The second-order valence-electron chi connectivity index (χ2n) is 8.30. The Bertz CT molecular complexity index is 455. The molecule has 2 unspecified atom stereocenters. The normalized spacial score (nSPS) is 30.8. The van der Waals surface area contributed by atoms with Crippen molar-refractivity contribution in [2.75, 3.05) is 52.9 Å². The molecule has 0 aromatic rings. The van der Waals surface area contributed by atoms with Crippen LogP contribution in [0.25, 0.3) is 0 Å². The van der Waals surface area contributed by atoms with Crippen molar-refractivity contribution in [1.29, 1.82) is 0 Å². The molecule has 0 aromatic carbocycles. The number of likely N-dealkylation sites (tertiary alicyclic amines) is 1. The Morgan fingerprint density at radius 3 is 2.68 bits per heavy atom. The van der Waals surface area contributed by atoms with Gasteiger partial charge in [-0.15, -0.1) is 24.0 Å². The van der Waals surface area contributed by atoms with Crippen LogP contribution in [0.4, 0.5) is 0 Å². The van der Waals surface area contributed by atoms with Gasteiger partial charge in [0.1, 0.15) is 0 Å². The van der Waals surface area contributed by atoms with Crippen LogP contribution in [0, 0.1) is 5.92 Å². The molecular weight excluding hydrogens is 429 g/mol. The van der Waals surface area contributed by atoms with Gasteiger partial charge < -0.3 is 15.4 Å². The van der Waals surface area contributed by atoms with E-state index in [0.29, 0.717) is 12.0 Å². The predicted octanol–water partition coefficient (Wildman–Crippen LogP) is 1.36. The maximum Gasteiger partial charge on any atom is 0.191 e. The predicted molar refractivity (Wildman–Crippen MR) is 114 cm³/mol. The highest BCUT2D eigenvalue weighted by atomic mass is 127. The van der Waals surface area contributed by atoms with Crippen molar-refractivity contribution < 1.29 is 4.74 Å². The first-order valence-electron chi connectivity index (χ1n) is 9.54. The average molecular weight is 465 g/mol. The second-order valence-corrected chi connectivity index (χ2v) is 8.30. The van der Waals surface area contributed by atoms with Crippen LogP contribution < -0.4 is 10.6 Å². The zero-order valence-electron chi connectivity index (χ0n) is 16.3. The average Bonchev–Trinajstić information content (AvgIpc) is 3.30. The minimum Gasteiger partial charge on any atom is -0.373 e. The fraction of sp³-hybridized carbons (Fsp3) is 0.944. The van der Waals surface area contributed by atoms with E-state index in [4.69, 9.17) is 4.74 Å². The van der Waals surface area contributed by atoms with Crippen LogP contribution in [-0.4, -0.2) is 86.4 Å². The molecule has 1 saturated carbocycles. The largest absolute Gasteiger partial charge is 0.373 e. The molecule has 0 spiro atoms. The summed E-state index contributed by atoms with van der Waals surface area (Å²) in [6.07, 6.45) is 2.78. The van der Waals surface area contributed by atoms with Gasteiger partial charge in [0.2, 0.25) is 0 Å². The minimum absolute atomic E-state index is 0. The van der Waals surface area contributed by atoms with Gasteiger partial charge in [0.25, 0.3) is 0 Å². The third-order valence-corrected chi connectivity index (χ3v) is 5.47. The van der Waals surface area contributed by atoms with Crippen LogP contribution in [-0.2, 0) is 4.74 Å². The molecule has 2 aliphatic heterocycles. The lowest BCUT2D eigenvalue weighted by atomic mass is 10.1. The van der Waals surface area contributed by atoms with E-state index in [2.05, 4.69) is 46.2 Å². The van der Waals surface area contributed by atoms with Crippen molar-refractivity contribution in [3.05, 3.63) is 0 Å². The first kappa shape index (κ1) is 21.2. The molecule has 3 aliphatic rings. The fourth-order valence-electron chi connectivity index (χ4n) is 3.94. The van der Waals surface area contributed by atoms with Crippen LogP contribution in [0.5, 0.6) is 0 Å². The molecule has 0 bridgehead atoms. The highest BCUT2D eigenvalue weighted by Crippen LogP contribution is 2.31. The van der Waals surface area contributed by atoms with Crippen molar-refractivity contribution in [2.24, 2.45) is 10.9 Å². The van der Waals surface area contributed by atoms with E-state index in [-0.39, 0.29) is 29.6 Å². The standard InChI is InChI=1S/C18H35N5O.HI/c1-14-11-23(15-5-6-15)12-16(14)21-17(19-4)20-7-8-22-9-10-24-18(2,3)13-22;/h14-16H,5-13H2,1-4H3,(H2,19,20,21);1H. The maximum atomic E-state index is 5.78. The highest BCUT2D eigenvalue weighted by molar-refractivity contribution is 14.0. The summed E-state index contributed by atoms with van der Waals surface area (Å²) in [5.41, 5.74) is -0.0241. The third kappa shape index (κ3) is 6.22. The zero-order chi connectivity index (χ0) is 17.2. The van der Waals surface area contributed by atoms with Crippen LogP contribution >= 0.6 is 24.0 Å². The molecule has 2 heterocycles. The van der Waals surface area contributed by atoms with E-state index < -0.39 is 0 Å². The molecule has 1 aliphatic carbocycles. The van der Waals surface area contributed by atoms with Gasteiger partial charge in [-0.25, -0.2) is 0 Å². The van der Waals surface area contributed by atoms with E-state index in [1.54, 1.807) is 0 Å². The molecule has 7 heteroatoms. The van der Waals surface area contributed by atoms with Gasteiger partial charge in [0.05, 0.1) is 12.2 Å². The van der Waals surface area contributed by atoms with Crippen molar-refractivity contribution in [1.82, 2.24) is 20.4 Å². The lowest BCUT2D eigenvalue weighted by Crippen LogP contribution is -2.52. The van der Waals surface area contributed by atoms with Crippen molar-refractivity contribution in [3.63, 3.8) is 0 Å². The lowest BCUT2D eigenvalue weighted by molar-refractivity contribution is -0.0852. The third-order valence-electron chi connectivity index (χ3n) is 5.47. The van der Waals surface area contributed by atoms with E-state index in [9.17, 15) is 0 Å². The number of nitrogens with one attached hydrogen (secondary N) is 2. The first-order valence-corrected chi connectivity index (χ1v) is 9.54. The number of halogens is 1. The molecule has 3 fully saturated rings. The number of guanidine groups is 1. The molecule has 0 aromatic heterocycles.